The van der Waals surface area contributed by atoms with E-state index < -0.39 is 33.4 Å². The summed E-state index contributed by atoms with van der Waals surface area (Å²) in [6.07, 6.45) is 13.5. The normalized spacial score (nSPS) is 34.3. The average molecular weight is 580 g/mol. The number of carbonyl (C=O) groups excluding carboxylic acids is 3. The van der Waals surface area contributed by atoms with Crippen LogP contribution in [-0.4, -0.2) is 86.6 Å². The number of thioether (sulfide) groups is 1. The Bertz CT molecular complexity index is 1260. The van der Waals surface area contributed by atoms with Gasteiger partial charge < -0.3 is 24.5 Å². The molecular weight excluding hydrogens is 538 g/mol. The Kier molecular flexibility index (Phi) is 7.47. The number of anilines is 1. The van der Waals surface area contributed by atoms with Crippen molar-refractivity contribution in [2.75, 3.05) is 31.2 Å². The second-order valence-corrected chi connectivity index (χ2v) is 14.0. The summed E-state index contributed by atoms with van der Waals surface area (Å²) >= 11 is 1.59. The van der Waals surface area contributed by atoms with E-state index in [0.717, 1.165) is 37.1 Å². The summed E-state index contributed by atoms with van der Waals surface area (Å²) in [6, 6.07) is 6.33. The van der Waals surface area contributed by atoms with Gasteiger partial charge in [0.25, 0.3) is 0 Å². The second kappa shape index (κ2) is 10.8. The van der Waals surface area contributed by atoms with E-state index in [0.29, 0.717) is 19.7 Å². The third-order valence-electron chi connectivity index (χ3n) is 9.74. The molecule has 8 nitrogen and oxygen atoms in total. The molecule has 41 heavy (non-hydrogen) atoms. The van der Waals surface area contributed by atoms with E-state index in [4.69, 9.17) is 4.74 Å². The molecule has 6 rings (SSSR count). The fourth-order valence-corrected chi connectivity index (χ4v) is 10.0. The Labute approximate surface area is 246 Å². The number of amides is 3. The number of rotatable bonds is 6. The van der Waals surface area contributed by atoms with Gasteiger partial charge in [-0.2, -0.15) is 0 Å². The van der Waals surface area contributed by atoms with Gasteiger partial charge >= 0.3 is 0 Å². The molecule has 6 atom stereocenters. The Morgan fingerprint density at radius 3 is 2.37 bits per heavy atom. The molecule has 2 saturated heterocycles. The predicted octanol–water partition coefficient (Wildman–Crippen LogP) is 3.79. The summed E-state index contributed by atoms with van der Waals surface area (Å²) in [5.74, 6) is -1.02. The maximum absolute atomic E-state index is 14.5. The molecule has 1 unspecified atom stereocenters. The van der Waals surface area contributed by atoms with Gasteiger partial charge in [-0.05, 0) is 57.9 Å². The fourth-order valence-electron chi connectivity index (χ4n) is 7.88. The molecule has 220 valence electrons. The molecule has 3 fully saturated rings. The van der Waals surface area contributed by atoms with Crippen molar-refractivity contribution >= 4 is 35.2 Å². The highest BCUT2D eigenvalue weighted by molar-refractivity contribution is 8.02. The van der Waals surface area contributed by atoms with Crippen LogP contribution in [0.15, 0.2) is 48.6 Å². The molecule has 1 spiro atoms. The molecule has 4 heterocycles. The number of aliphatic hydroxyl groups excluding tert-OH is 1. The lowest BCUT2D eigenvalue weighted by molar-refractivity contribution is -0.146. The van der Waals surface area contributed by atoms with Crippen molar-refractivity contribution in [3.8, 4) is 5.75 Å². The highest BCUT2D eigenvalue weighted by atomic mass is 32.2. The first-order chi connectivity index (χ1) is 19.8. The van der Waals surface area contributed by atoms with Crippen LogP contribution in [-0.2, 0) is 14.4 Å². The zero-order chi connectivity index (χ0) is 28.9. The molecule has 3 amide bonds. The van der Waals surface area contributed by atoms with E-state index >= 15 is 0 Å². The van der Waals surface area contributed by atoms with Crippen LogP contribution in [0.4, 0.5) is 5.69 Å². The second-order valence-electron chi connectivity index (χ2n) is 12.2. The SMILES string of the molecule is CCOc1ccc(N2CC=C[C@]3(C)S[C@]45C=CCN(C6CCCCC6)C(=O)C4N([C@H](C)CO)C(=O)[C@@H]5[C@@H]3C2=O)cc1. The molecule has 1 saturated carbocycles. The van der Waals surface area contributed by atoms with Gasteiger partial charge in [0.15, 0.2) is 0 Å². The molecule has 1 aromatic carbocycles. The van der Waals surface area contributed by atoms with Crippen LogP contribution in [0, 0.1) is 11.8 Å². The van der Waals surface area contributed by atoms with Gasteiger partial charge in [-0.25, -0.2) is 0 Å². The topological polar surface area (TPSA) is 90.4 Å². The monoisotopic (exact) mass is 579 g/mol. The van der Waals surface area contributed by atoms with Crippen LogP contribution in [0.5, 0.6) is 5.75 Å². The summed E-state index contributed by atoms with van der Waals surface area (Å²) in [6.45, 7) is 6.99. The molecule has 1 N–H and O–H groups in total. The van der Waals surface area contributed by atoms with Crippen molar-refractivity contribution in [2.24, 2.45) is 11.8 Å². The van der Waals surface area contributed by atoms with Crippen molar-refractivity contribution in [1.29, 1.82) is 0 Å². The molecule has 1 aromatic rings. The number of likely N-dealkylation sites (tertiary alicyclic amines) is 1. The van der Waals surface area contributed by atoms with Crippen LogP contribution in [0.2, 0.25) is 0 Å². The van der Waals surface area contributed by atoms with E-state index in [1.807, 2.05) is 49.1 Å². The number of hydrogen-bond donors (Lipinski definition) is 1. The first-order valence-electron chi connectivity index (χ1n) is 15.1. The molecule has 1 aliphatic carbocycles. The van der Waals surface area contributed by atoms with Crippen LogP contribution in [0.1, 0.15) is 52.9 Å². The van der Waals surface area contributed by atoms with Gasteiger partial charge in [0.2, 0.25) is 17.7 Å². The van der Waals surface area contributed by atoms with Crippen molar-refractivity contribution in [3.63, 3.8) is 0 Å². The molecule has 0 radical (unpaired) electrons. The smallest absolute Gasteiger partial charge is 0.247 e. The summed E-state index contributed by atoms with van der Waals surface area (Å²) in [5.41, 5.74) is 0.747. The maximum Gasteiger partial charge on any atom is 0.247 e. The Morgan fingerprint density at radius 2 is 1.68 bits per heavy atom. The van der Waals surface area contributed by atoms with E-state index in [9.17, 15) is 19.5 Å². The first-order valence-corrected chi connectivity index (χ1v) is 15.9. The lowest BCUT2D eigenvalue weighted by Gasteiger charge is -2.41. The van der Waals surface area contributed by atoms with Crippen LogP contribution >= 0.6 is 11.8 Å². The van der Waals surface area contributed by atoms with Crippen LogP contribution < -0.4 is 9.64 Å². The van der Waals surface area contributed by atoms with Crippen molar-refractivity contribution in [1.82, 2.24) is 9.80 Å². The minimum Gasteiger partial charge on any atom is -0.494 e. The van der Waals surface area contributed by atoms with Gasteiger partial charge in [-0.3, -0.25) is 14.4 Å². The molecule has 0 bridgehead atoms. The van der Waals surface area contributed by atoms with Gasteiger partial charge in [0, 0.05) is 29.6 Å². The van der Waals surface area contributed by atoms with Crippen molar-refractivity contribution in [2.45, 2.75) is 80.5 Å². The van der Waals surface area contributed by atoms with E-state index in [2.05, 4.69) is 18.2 Å². The van der Waals surface area contributed by atoms with Crippen molar-refractivity contribution in [3.05, 3.63) is 48.6 Å². The zero-order valence-corrected chi connectivity index (χ0v) is 25.0. The largest absolute Gasteiger partial charge is 0.494 e. The predicted molar refractivity (Wildman–Crippen MR) is 160 cm³/mol. The summed E-state index contributed by atoms with van der Waals surface area (Å²) in [7, 11) is 0. The maximum atomic E-state index is 14.5. The number of carbonyl (C=O) groups is 3. The standard InChI is InChI=1S/C32H41N3O5S/c1-4-40-24-14-12-23(13-15-24)33-18-8-16-31(3)25(28(33)37)26-29(38)35(21(2)20-36)27-30(39)34(22-10-6-5-7-11-22)19-9-17-32(26,27)41-31/h8-9,12-17,21-22,25-27,36H,4-7,10-11,18-20H2,1-3H3/t21-,25-,26+,27?,31+,32+/m1/s1. The van der Waals surface area contributed by atoms with E-state index in [-0.39, 0.29) is 30.4 Å². The van der Waals surface area contributed by atoms with Gasteiger partial charge in [0.05, 0.1) is 35.8 Å². The fraction of sp³-hybridized carbons (Fsp3) is 0.594. The number of ether oxygens (including phenoxy) is 1. The van der Waals surface area contributed by atoms with Crippen LogP contribution in [0.25, 0.3) is 0 Å². The van der Waals surface area contributed by atoms with Gasteiger partial charge in [0.1, 0.15) is 11.8 Å². The number of hydrogen-bond acceptors (Lipinski definition) is 6. The Morgan fingerprint density at radius 1 is 0.976 bits per heavy atom. The van der Waals surface area contributed by atoms with E-state index in [1.165, 1.54) is 6.42 Å². The number of fused-ring (bicyclic) bond motifs is 2. The highest BCUT2D eigenvalue weighted by Gasteiger charge is 2.74. The van der Waals surface area contributed by atoms with Crippen molar-refractivity contribution < 1.29 is 24.2 Å². The third kappa shape index (κ3) is 4.42. The third-order valence-corrected chi connectivity index (χ3v) is 11.5. The number of nitrogens with zero attached hydrogens (tertiary/aromatic N) is 3. The molecular formula is C32H41N3O5S. The minimum absolute atomic E-state index is 0.0505. The molecule has 0 aromatic heterocycles. The van der Waals surface area contributed by atoms with Gasteiger partial charge in [-0.1, -0.05) is 43.6 Å². The summed E-state index contributed by atoms with van der Waals surface area (Å²) < 4.78 is 4.03. The lowest BCUT2D eigenvalue weighted by Crippen LogP contribution is -2.57. The van der Waals surface area contributed by atoms with E-state index in [1.54, 1.807) is 28.5 Å². The lowest BCUT2D eigenvalue weighted by atomic mass is 9.74. The molecule has 9 heteroatoms. The number of aliphatic hydroxyl groups is 1. The molecule has 4 aliphatic heterocycles. The summed E-state index contributed by atoms with van der Waals surface area (Å²) in [4.78, 5) is 48.9. The number of benzene rings is 1. The molecule has 5 aliphatic rings. The zero-order valence-electron chi connectivity index (χ0n) is 24.2. The average Bonchev–Trinajstić information content (AvgIpc) is 3.25. The Hall–Kier alpha value is -2.78. The highest BCUT2D eigenvalue weighted by Crippen LogP contribution is 2.66. The Balaban J connectivity index is 1.42. The van der Waals surface area contributed by atoms with Crippen LogP contribution in [0.3, 0.4) is 0 Å². The van der Waals surface area contributed by atoms with Gasteiger partial charge in [-0.15, -0.1) is 11.8 Å². The first kappa shape index (κ1) is 28.3. The summed E-state index contributed by atoms with van der Waals surface area (Å²) in [5, 5.41) is 10.2. The quantitative estimate of drug-likeness (QED) is 0.516. The minimum atomic E-state index is -0.901.